The van der Waals surface area contributed by atoms with Gasteiger partial charge >= 0.3 is 0 Å². The van der Waals surface area contributed by atoms with Crippen LogP contribution in [0.5, 0.6) is 0 Å². The first-order chi connectivity index (χ1) is 6.83. The lowest BCUT2D eigenvalue weighted by molar-refractivity contribution is -0.697. The first kappa shape index (κ1) is 12.6. The summed E-state index contributed by atoms with van der Waals surface area (Å²) in [6.45, 7) is 10.3. The molecule has 0 aliphatic heterocycles. The molecular weight excluding hydrogens is 172 g/mol. The third-order valence-electron chi connectivity index (χ3n) is 2.03. The van der Waals surface area contributed by atoms with Crippen molar-refractivity contribution in [2.45, 2.75) is 39.7 Å². The monoisotopic (exact) mass is 190 g/mol. The molecule has 76 valence electrons. The normalized spacial score (nSPS) is 8.86. The summed E-state index contributed by atoms with van der Waals surface area (Å²) in [4.78, 5) is 0. The first-order valence-corrected chi connectivity index (χ1v) is 5.01. The molecule has 1 aromatic heterocycles. The zero-order chi connectivity index (χ0) is 10.8. The molecule has 2 nitrogen and oxygen atoms in total. The molecule has 0 aliphatic rings. The zero-order valence-electron chi connectivity index (χ0n) is 9.03. The van der Waals surface area contributed by atoms with Crippen LogP contribution in [0.2, 0.25) is 0 Å². The molecule has 0 atom stereocenters. The van der Waals surface area contributed by atoms with E-state index in [0.717, 1.165) is 6.54 Å². The van der Waals surface area contributed by atoms with Crippen molar-refractivity contribution in [2.24, 2.45) is 0 Å². The van der Waals surface area contributed by atoms with E-state index in [0.29, 0.717) is 0 Å². The molecule has 0 saturated carbocycles. The van der Waals surface area contributed by atoms with Gasteiger partial charge in [0.05, 0.1) is 0 Å². The van der Waals surface area contributed by atoms with Gasteiger partial charge in [-0.05, 0) is 19.4 Å². The fraction of sp³-hybridized carbons (Fsp3) is 0.500. The molecule has 0 radical (unpaired) electrons. The molecule has 0 amide bonds. The molecule has 0 unspecified atom stereocenters. The van der Waals surface area contributed by atoms with E-state index in [1.54, 1.807) is 0 Å². The highest BCUT2D eigenvalue weighted by Crippen LogP contribution is 1.94. The smallest absolute Gasteiger partial charge is 0.171 e. The Bertz CT molecular complexity index is 266. The fourth-order valence-corrected chi connectivity index (χ4v) is 1.34. The molecule has 0 fully saturated rings. The molecule has 0 aliphatic carbocycles. The molecule has 1 heterocycles. The van der Waals surface area contributed by atoms with Crippen molar-refractivity contribution in [1.29, 1.82) is 5.26 Å². The van der Waals surface area contributed by atoms with Crippen LogP contribution in [0.15, 0.2) is 24.5 Å². The SMILES string of the molecule is CCCCC[n+]1cccc(C)c1.[C-]#N. The van der Waals surface area contributed by atoms with Gasteiger partial charge in [-0.2, -0.15) is 0 Å². The van der Waals surface area contributed by atoms with Gasteiger partial charge in [0, 0.05) is 18.1 Å². The van der Waals surface area contributed by atoms with Crippen LogP contribution < -0.4 is 4.57 Å². The second-order valence-electron chi connectivity index (χ2n) is 3.33. The number of hydrogen-bond donors (Lipinski definition) is 0. The average molecular weight is 190 g/mol. The Morgan fingerprint density at radius 3 is 2.64 bits per heavy atom. The molecular formula is C12H18N2. The second-order valence-corrected chi connectivity index (χ2v) is 3.33. The van der Waals surface area contributed by atoms with Crippen molar-refractivity contribution in [1.82, 2.24) is 0 Å². The lowest BCUT2D eigenvalue weighted by Crippen LogP contribution is -2.32. The van der Waals surface area contributed by atoms with Crippen LogP contribution in [0.1, 0.15) is 31.7 Å². The lowest BCUT2D eigenvalue weighted by atomic mass is 10.2. The Morgan fingerprint density at radius 2 is 2.07 bits per heavy atom. The number of aryl methyl sites for hydroxylation is 2. The predicted molar refractivity (Wildman–Crippen MR) is 55.9 cm³/mol. The number of hydrogen-bond acceptors (Lipinski definition) is 1. The molecule has 1 rings (SSSR count). The van der Waals surface area contributed by atoms with Crippen molar-refractivity contribution in [3.63, 3.8) is 0 Å². The minimum Gasteiger partial charge on any atom is -0.512 e. The zero-order valence-corrected chi connectivity index (χ0v) is 9.03. The van der Waals surface area contributed by atoms with Crippen LogP contribution in [0.4, 0.5) is 0 Å². The highest BCUT2D eigenvalue weighted by molar-refractivity contribution is 5.01. The van der Waals surface area contributed by atoms with Crippen LogP contribution in [0, 0.1) is 18.8 Å². The topological polar surface area (TPSA) is 27.7 Å². The summed E-state index contributed by atoms with van der Waals surface area (Å²) in [5.74, 6) is 0. The molecule has 1 aromatic rings. The van der Waals surface area contributed by atoms with Gasteiger partial charge in [-0.3, -0.25) is 0 Å². The lowest BCUT2D eigenvalue weighted by Gasteiger charge is -1.96. The van der Waals surface area contributed by atoms with E-state index in [-0.39, 0.29) is 0 Å². The van der Waals surface area contributed by atoms with E-state index in [2.05, 4.69) is 42.9 Å². The third kappa shape index (κ3) is 5.31. The Hall–Kier alpha value is -1.36. The molecule has 0 bridgehead atoms. The number of nitrogens with zero attached hydrogens (tertiary/aromatic N) is 2. The Balaban J connectivity index is 0.000000791. The number of rotatable bonds is 4. The van der Waals surface area contributed by atoms with Gasteiger partial charge in [0.25, 0.3) is 0 Å². The summed E-state index contributed by atoms with van der Waals surface area (Å²) in [5, 5.41) is 6.25. The summed E-state index contributed by atoms with van der Waals surface area (Å²) in [6, 6.07) is 4.25. The quantitative estimate of drug-likeness (QED) is 0.407. The van der Waals surface area contributed by atoms with Gasteiger partial charge in [0.2, 0.25) is 0 Å². The number of aromatic nitrogens is 1. The highest BCUT2D eigenvalue weighted by Gasteiger charge is 1.98. The summed E-state index contributed by atoms with van der Waals surface area (Å²) < 4.78 is 2.27. The Labute approximate surface area is 86.8 Å². The third-order valence-corrected chi connectivity index (χ3v) is 2.03. The Kier molecular flexibility index (Phi) is 7.45. The molecule has 2 heteroatoms. The summed E-state index contributed by atoms with van der Waals surface area (Å²) in [6.07, 6.45) is 8.27. The maximum Gasteiger partial charge on any atom is 0.171 e. The second kappa shape index (κ2) is 8.25. The number of unbranched alkanes of at least 4 members (excludes halogenated alkanes) is 2. The minimum absolute atomic E-state index is 1.16. The van der Waals surface area contributed by atoms with Crippen LogP contribution in [-0.4, -0.2) is 0 Å². The van der Waals surface area contributed by atoms with Crippen molar-refractivity contribution >= 4 is 0 Å². The van der Waals surface area contributed by atoms with Crippen LogP contribution in [-0.2, 0) is 6.54 Å². The average Bonchev–Trinajstić information content (AvgIpc) is 2.21. The summed E-state index contributed by atoms with van der Waals surface area (Å²) in [5.41, 5.74) is 1.34. The van der Waals surface area contributed by atoms with E-state index < -0.39 is 0 Å². The minimum atomic E-state index is 1.16. The maximum absolute atomic E-state index is 6.25. The molecule has 0 N–H and O–H groups in total. The number of pyridine rings is 1. The Morgan fingerprint density at radius 1 is 1.36 bits per heavy atom. The van der Waals surface area contributed by atoms with Gasteiger partial charge in [0.15, 0.2) is 12.4 Å². The van der Waals surface area contributed by atoms with Crippen molar-refractivity contribution in [3.8, 4) is 0 Å². The van der Waals surface area contributed by atoms with Crippen LogP contribution >= 0.6 is 0 Å². The highest BCUT2D eigenvalue weighted by atomic mass is 14.9. The van der Waals surface area contributed by atoms with E-state index in [4.69, 9.17) is 11.8 Å². The summed E-state index contributed by atoms with van der Waals surface area (Å²) >= 11 is 0. The van der Waals surface area contributed by atoms with Crippen molar-refractivity contribution in [2.75, 3.05) is 0 Å². The van der Waals surface area contributed by atoms with Gasteiger partial charge < -0.3 is 11.8 Å². The van der Waals surface area contributed by atoms with Gasteiger partial charge in [-0.25, -0.2) is 4.57 Å². The molecule has 0 spiro atoms. The molecule has 0 aromatic carbocycles. The standard InChI is InChI=1S/C11H18N.CN/c1-3-4-5-8-12-9-6-7-11(2)10-12;1-2/h6-7,9-10H,3-5,8H2,1-2H3;/q+1;-1. The summed E-state index contributed by atoms with van der Waals surface area (Å²) in [7, 11) is 0. The first-order valence-electron chi connectivity index (χ1n) is 5.01. The molecule has 14 heavy (non-hydrogen) atoms. The van der Waals surface area contributed by atoms with E-state index in [1.807, 2.05) is 0 Å². The van der Waals surface area contributed by atoms with E-state index in [9.17, 15) is 0 Å². The predicted octanol–water partition coefficient (Wildman–Crippen LogP) is 2.57. The van der Waals surface area contributed by atoms with E-state index in [1.165, 1.54) is 24.8 Å². The van der Waals surface area contributed by atoms with Gasteiger partial charge in [-0.15, -0.1) is 0 Å². The van der Waals surface area contributed by atoms with Crippen molar-refractivity contribution < 1.29 is 4.57 Å². The van der Waals surface area contributed by atoms with E-state index >= 15 is 0 Å². The maximum atomic E-state index is 6.25. The molecule has 0 saturated heterocycles. The van der Waals surface area contributed by atoms with Gasteiger partial charge in [-0.1, -0.05) is 13.3 Å². The van der Waals surface area contributed by atoms with Crippen LogP contribution in [0.3, 0.4) is 0 Å². The van der Waals surface area contributed by atoms with Crippen LogP contribution in [0.25, 0.3) is 0 Å². The van der Waals surface area contributed by atoms with Crippen molar-refractivity contribution in [3.05, 3.63) is 36.7 Å². The fourth-order valence-electron chi connectivity index (χ4n) is 1.34. The largest absolute Gasteiger partial charge is 0.512 e. The van der Waals surface area contributed by atoms with Gasteiger partial charge in [0.1, 0.15) is 6.54 Å².